The summed E-state index contributed by atoms with van der Waals surface area (Å²) in [5, 5.41) is 6.49. The molecule has 2 N–H and O–H groups in total. The van der Waals surface area contributed by atoms with Crippen LogP contribution in [0.25, 0.3) is 0 Å². The molecule has 0 saturated heterocycles. The lowest BCUT2D eigenvalue weighted by atomic mass is 10.3. The highest BCUT2D eigenvalue weighted by atomic mass is 35.5. The second-order valence-electron chi connectivity index (χ2n) is 6.64. The number of nitrogens with one attached hydrogen (secondary N) is 2. The number of carbonyl (C=O) groups is 1. The van der Waals surface area contributed by atoms with Crippen LogP contribution in [0.5, 0.6) is 5.75 Å². The maximum atomic E-state index is 12.5. The molecule has 0 heterocycles. The molecule has 2 aromatic rings. The number of rotatable bonds is 10. The zero-order chi connectivity index (χ0) is 23.7. The molecule has 0 bridgehead atoms. The standard InChI is InChI=1S/C21H25Cl2N3O4S2/c1-3-26(4-2)32(28,29)17-10-8-16(9-11-17)24-21(31)25-20(27)6-5-13-30-19-12-7-15(22)14-18(19)23/h7-12,14H,3-6,13H2,1-2H3,(H2,24,25,27,31). The first-order chi connectivity index (χ1) is 15.2. The van der Waals surface area contributed by atoms with Crippen molar-refractivity contribution >= 4 is 62.2 Å². The Morgan fingerprint density at radius 2 is 1.75 bits per heavy atom. The van der Waals surface area contributed by atoms with Gasteiger partial charge in [-0.3, -0.25) is 4.79 Å². The van der Waals surface area contributed by atoms with E-state index in [1.165, 1.54) is 16.4 Å². The van der Waals surface area contributed by atoms with Gasteiger partial charge in [0.1, 0.15) is 5.75 Å². The van der Waals surface area contributed by atoms with Crippen LogP contribution in [0.1, 0.15) is 26.7 Å². The molecule has 0 radical (unpaired) electrons. The summed E-state index contributed by atoms with van der Waals surface area (Å²) in [6, 6.07) is 11.1. The van der Waals surface area contributed by atoms with E-state index < -0.39 is 10.0 Å². The third-order valence-corrected chi connectivity index (χ3v) is 7.21. The molecular weight excluding hydrogens is 493 g/mol. The molecule has 7 nitrogen and oxygen atoms in total. The molecule has 1 amide bonds. The number of hydrogen-bond acceptors (Lipinski definition) is 5. The molecule has 0 aliphatic carbocycles. The summed E-state index contributed by atoms with van der Waals surface area (Å²) in [7, 11) is -3.53. The SMILES string of the molecule is CCN(CC)S(=O)(=O)c1ccc(NC(=S)NC(=O)CCCOc2ccc(Cl)cc2Cl)cc1. The van der Waals surface area contributed by atoms with Crippen molar-refractivity contribution in [1.29, 1.82) is 0 Å². The summed E-state index contributed by atoms with van der Waals surface area (Å²) in [6.07, 6.45) is 0.666. The van der Waals surface area contributed by atoms with Crippen LogP contribution in [0, 0.1) is 0 Å². The predicted octanol–water partition coefficient (Wildman–Crippen LogP) is 4.70. The maximum Gasteiger partial charge on any atom is 0.243 e. The van der Waals surface area contributed by atoms with Crippen molar-refractivity contribution in [3.63, 3.8) is 0 Å². The van der Waals surface area contributed by atoms with Gasteiger partial charge in [-0.2, -0.15) is 4.31 Å². The van der Waals surface area contributed by atoms with Crippen LogP contribution in [-0.4, -0.2) is 43.4 Å². The van der Waals surface area contributed by atoms with Gasteiger partial charge >= 0.3 is 0 Å². The number of sulfonamides is 1. The summed E-state index contributed by atoms with van der Waals surface area (Å²) < 4.78 is 32.0. The van der Waals surface area contributed by atoms with Crippen molar-refractivity contribution in [3.05, 3.63) is 52.5 Å². The molecule has 174 valence electrons. The first-order valence-electron chi connectivity index (χ1n) is 9.96. The molecule has 0 unspecified atom stereocenters. The molecule has 0 aliphatic heterocycles. The largest absolute Gasteiger partial charge is 0.492 e. The van der Waals surface area contributed by atoms with Crippen molar-refractivity contribution in [1.82, 2.24) is 9.62 Å². The van der Waals surface area contributed by atoms with E-state index in [4.69, 9.17) is 40.2 Å². The molecule has 2 aromatic carbocycles. The molecule has 32 heavy (non-hydrogen) atoms. The smallest absolute Gasteiger partial charge is 0.243 e. The van der Waals surface area contributed by atoms with E-state index in [-0.39, 0.29) is 22.3 Å². The minimum Gasteiger partial charge on any atom is -0.492 e. The van der Waals surface area contributed by atoms with Gasteiger partial charge in [-0.05, 0) is 61.1 Å². The van der Waals surface area contributed by atoms with Gasteiger partial charge in [0.25, 0.3) is 0 Å². The van der Waals surface area contributed by atoms with E-state index in [9.17, 15) is 13.2 Å². The molecule has 0 aromatic heterocycles. The molecule has 2 rings (SSSR count). The number of hydrogen-bond donors (Lipinski definition) is 2. The Balaban J connectivity index is 1.78. The van der Waals surface area contributed by atoms with Crippen LogP contribution in [0.2, 0.25) is 10.0 Å². The Hall–Kier alpha value is -1.91. The molecule has 0 aliphatic rings. The zero-order valence-electron chi connectivity index (χ0n) is 17.7. The topological polar surface area (TPSA) is 87.7 Å². The lowest BCUT2D eigenvalue weighted by Crippen LogP contribution is -2.34. The number of carbonyl (C=O) groups excluding carboxylic acids is 1. The van der Waals surface area contributed by atoms with E-state index in [1.807, 2.05) is 0 Å². The van der Waals surface area contributed by atoms with Crippen LogP contribution < -0.4 is 15.4 Å². The van der Waals surface area contributed by atoms with Crippen LogP contribution in [0.3, 0.4) is 0 Å². The second-order valence-corrected chi connectivity index (χ2v) is 9.83. The van der Waals surface area contributed by atoms with E-state index in [0.29, 0.717) is 47.6 Å². The van der Waals surface area contributed by atoms with Crippen molar-refractivity contribution < 1.29 is 17.9 Å². The van der Waals surface area contributed by atoms with Crippen LogP contribution in [0.15, 0.2) is 47.4 Å². The highest BCUT2D eigenvalue weighted by Crippen LogP contribution is 2.27. The predicted molar refractivity (Wildman–Crippen MR) is 132 cm³/mol. The summed E-state index contributed by atoms with van der Waals surface area (Å²) in [4.78, 5) is 12.3. The van der Waals surface area contributed by atoms with E-state index in [0.717, 1.165) is 0 Å². The fraction of sp³-hybridized carbons (Fsp3) is 0.333. The molecule has 0 spiro atoms. The Morgan fingerprint density at radius 1 is 1.09 bits per heavy atom. The number of amides is 1. The van der Waals surface area contributed by atoms with Gasteiger partial charge in [-0.15, -0.1) is 0 Å². The number of anilines is 1. The Labute approximate surface area is 204 Å². The minimum atomic E-state index is -3.53. The zero-order valence-corrected chi connectivity index (χ0v) is 20.9. The summed E-state index contributed by atoms with van der Waals surface area (Å²) >= 11 is 17.0. The molecule has 0 fully saturated rings. The van der Waals surface area contributed by atoms with Gasteiger partial charge in [0.15, 0.2) is 5.11 Å². The summed E-state index contributed by atoms with van der Waals surface area (Å²) in [6.45, 7) is 4.67. The normalized spacial score (nSPS) is 11.3. The molecule has 0 atom stereocenters. The van der Waals surface area contributed by atoms with Gasteiger partial charge in [0, 0.05) is 30.2 Å². The summed E-state index contributed by atoms with van der Waals surface area (Å²) in [5.41, 5.74) is 0.564. The number of thiocarbonyl (C=S) groups is 1. The van der Waals surface area contributed by atoms with Crippen molar-refractivity contribution in [2.24, 2.45) is 0 Å². The first-order valence-corrected chi connectivity index (χ1v) is 12.6. The highest BCUT2D eigenvalue weighted by molar-refractivity contribution is 7.89. The maximum absolute atomic E-state index is 12.5. The lowest BCUT2D eigenvalue weighted by Gasteiger charge is -2.18. The first kappa shape index (κ1) is 26.3. The van der Waals surface area contributed by atoms with Crippen molar-refractivity contribution in [2.75, 3.05) is 25.0 Å². The minimum absolute atomic E-state index is 0.121. The fourth-order valence-corrected chi connectivity index (χ4v) is 4.93. The van der Waals surface area contributed by atoms with Crippen molar-refractivity contribution in [3.8, 4) is 5.75 Å². The molecule has 11 heteroatoms. The number of nitrogens with zero attached hydrogens (tertiary/aromatic N) is 1. The average molecular weight is 518 g/mol. The number of benzene rings is 2. The average Bonchev–Trinajstić information content (AvgIpc) is 2.73. The quantitative estimate of drug-likeness (QED) is 0.350. The van der Waals surface area contributed by atoms with Crippen LogP contribution >= 0.6 is 35.4 Å². The van der Waals surface area contributed by atoms with Gasteiger partial charge in [-0.1, -0.05) is 37.0 Å². The van der Waals surface area contributed by atoms with E-state index in [1.54, 1.807) is 44.2 Å². The number of ether oxygens (including phenoxy) is 1. The highest BCUT2D eigenvalue weighted by Gasteiger charge is 2.21. The fourth-order valence-electron chi connectivity index (χ4n) is 2.78. The Morgan fingerprint density at radius 3 is 2.34 bits per heavy atom. The third-order valence-electron chi connectivity index (χ3n) is 4.41. The third kappa shape index (κ3) is 7.60. The molecule has 0 saturated carbocycles. The van der Waals surface area contributed by atoms with Gasteiger partial charge in [-0.25, -0.2) is 8.42 Å². The van der Waals surface area contributed by atoms with Crippen LogP contribution in [0.4, 0.5) is 5.69 Å². The Kier molecular flexibility index (Phi) is 10.2. The number of halogens is 2. The monoisotopic (exact) mass is 517 g/mol. The van der Waals surface area contributed by atoms with E-state index in [2.05, 4.69) is 10.6 Å². The van der Waals surface area contributed by atoms with Gasteiger partial charge in [0.2, 0.25) is 15.9 Å². The van der Waals surface area contributed by atoms with Gasteiger partial charge in [0.05, 0.1) is 16.5 Å². The lowest BCUT2D eigenvalue weighted by molar-refractivity contribution is -0.119. The van der Waals surface area contributed by atoms with Gasteiger partial charge < -0.3 is 15.4 Å². The Bertz CT molecular complexity index is 1040. The van der Waals surface area contributed by atoms with E-state index >= 15 is 0 Å². The molecular formula is C21H25Cl2N3O4S2. The second kappa shape index (κ2) is 12.4. The summed E-state index contributed by atoms with van der Waals surface area (Å²) in [5.74, 6) is 0.231. The van der Waals surface area contributed by atoms with Crippen LogP contribution in [-0.2, 0) is 14.8 Å². The van der Waals surface area contributed by atoms with Crippen molar-refractivity contribution in [2.45, 2.75) is 31.6 Å².